The molecule has 0 fully saturated rings. The maximum atomic E-state index is 15.3. The number of carbonyl (C=O) groups is 1. The van der Waals surface area contributed by atoms with Gasteiger partial charge in [-0.3, -0.25) is 9.79 Å². The van der Waals surface area contributed by atoms with Crippen molar-refractivity contribution in [1.82, 2.24) is 14.9 Å². The first-order valence-electron chi connectivity index (χ1n) is 20.6. The molecular formula is C51H62N5O2. The Hall–Kier alpha value is -5.48. The van der Waals surface area contributed by atoms with Gasteiger partial charge in [0.1, 0.15) is 6.61 Å². The van der Waals surface area contributed by atoms with Gasteiger partial charge in [-0.15, -0.1) is 5.92 Å². The van der Waals surface area contributed by atoms with E-state index in [-0.39, 0.29) is 35.8 Å². The van der Waals surface area contributed by atoms with Crippen molar-refractivity contribution in [2.75, 3.05) is 12.3 Å². The summed E-state index contributed by atoms with van der Waals surface area (Å²) in [6.07, 6.45) is 12.8. The van der Waals surface area contributed by atoms with Crippen molar-refractivity contribution in [3.8, 4) is 29.0 Å². The highest BCUT2D eigenvalue weighted by atomic mass is 16.5. The first-order valence-corrected chi connectivity index (χ1v) is 20.6. The minimum absolute atomic E-state index is 0.0441. The summed E-state index contributed by atoms with van der Waals surface area (Å²) in [6.45, 7) is 27.9. The lowest BCUT2D eigenvalue weighted by Gasteiger charge is -2.41. The lowest BCUT2D eigenvalue weighted by atomic mass is 9.84. The molecule has 58 heavy (non-hydrogen) atoms. The van der Waals surface area contributed by atoms with Crippen molar-refractivity contribution < 1.29 is 9.53 Å². The van der Waals surface area contributed by atoms with Crippen LogP contribution in [0.4, 0.5) is 5.95 Å². The Morgan fingerprint density at radius 3 is 2.31 bits per heavy atom. The summed E-state index contributed by atoms with van der Waals surface area (Å²) in [5, 5.41) is 0. The van der Waals surface area contributed by atoms with Crippen LogP contribution in [0.2, 0.25) is 0 Å². The van der Waals surface area contributed by atoms with Crippen molar-refractivity contribution in [3.05, 3.63) is 136 Å². The van der Waals surface area contributed by atoms with Crippen LogP contribution in [0, 0.1) is 56.3 Å². The maximum absolute atomic E-state index is 15.3. The largest absolute Gasteiger partial charge is 0.475 e. The first kappa shape index (κ1) is 43.6. The third-order valence-corrected chi connectivity index (χ3v) is 10.8. The molecule has 1 aliphatic heterocycles. The number of hydrogen-bond donors (Lipinski definition) is 1. The Bertz CT molecular complexity index is 2230. The molecule has 1 aliphatic carbocycles. The van der Waals surface area contributed by atoms with Crippen molar-refractivity contribution in [2.45, 2.75) is 108 Å². The second kappa shape index (κ2) is 18.9. The third kappa shape index (κ3) is 11.1. The van der Waals surface area contributed by atoms with Gasteiger partial charge < -0.3 is 15.4 Å². The Labute approximate surface area is 348 Å². The zero-order valence-electron chi connectivity index (χ0n) is 36.5. The fraction of sp³-hybridized carbons (Fsp3) is 0.392. The monoisotopic (exact) mass is 776 g/mol. The Kier molecular flexibility index (Phi) is 14.2. The minimum Gasteiger partial charge on any atom is -0.475 e. The number of hydrogen-bond acceptors (Lipinski definition) is 6. The van der Waals surface area contributed by atoms with Gasteiger partial charge in [0, 0.05) is 40.5 Å². The molecule has 2 aliphatic rings. The van der Waals surface area contributed by atoms with E-state index in [9.17, 15) is 0 Å². The molecule has 2 N–H and O–H groups in total. The lowest BCUT2D eigenvalue weighted by molar-refractivity contribution is 0.0420. The SMILES string of the molecule is C=C1C=CC([C@@H](CCC2=C[CH]2)N(C(=O)c2cccc(C)c2)[C@@H](COc2cc(-c3c(C)cccc3C)nc(N)n2)[C@@H](C)CC(C)C)=NC(C)=C1/C=C(\C#CC)C(C)(C)C. The summed E-state index contributed by atoms with van der Waals surface area (Å²) >= 11 is 0. The van der Waals surface area contributed by atoms with Crippen molar-refractivity contribution >= 4 is 17.6 Å². The van der Waals surface area contributed by atoms with E-state index in [0.29, 0.717) is 29.5 Å². The highest BCUT2D eigenvalue weighted by Gasteiger charge is 2.38. The second-order valence-electron chi connectivity index (χ2n) is 17.3. The minimum atomic E-state index is -0.397. The highest BCUT2D eigenvalue weighted by molar-refractivity contribution is 6.05. The molecule has 0 saturated heterocycles. The molecule has 1 radical (unpaired) electrons. The van der Waals surface area contributed by atoms with E-state index in [4.69, 9.17) is 15.5 Å². The molecule has 2 heterocycles. The zero-order chi connectivity index (χ0) is 42.3. The number of nitrogen functional groups attached to an aromatic ring is 1. The average molecular weight is 777 g/mol. The van der Waals surface area contributed by atoms with Crippen LogP contribution in [0.25, 0.3) is 11.3 Å². The van der Waals surface area contributed by atoms with Gasteiger partial charge in [-0.2, -0.15) is 4.98 Å². The van der Waals surface area contributed by atoms with Gasteiger partial charge in [0.2, 0.25) is 11.8 Å². The van der Waals surface area contributed by atoms with E-state index >= 15 is 4.79 Å². The molecule has 0 spiro atoms. The first-order chi connectivity index (χ1) is 27.5. The third-order valence-electron chi connectivity index (χ3n) is 10.8. The molecule has 0 unspecified atom stereocenters. The van der Waals surface area contributed by atoms with Gasteiger partial charge in [-0.1, -0.05) is 108 Å². The molecule has 303 valence electrons. The number of amides is 1. The zero-order valence-corrected chi connectivity index (χ0v) is 36.5. The van der Waals surface area contributed by atoms with Gasteiger partial charge in [-0.25, -0.2) is 4.98 Å². The van der Waals surface area contributed by atoms with E-state index in [0.717, 1.165) is 63.2 Å². The molecule has 7 nitrogen and oxygen atoms in total. The summed E-state index contributed by atoms with van der Waals surface area (Å²) in [5.74, 6) is 7.27. The number of aryl methyl sites for hydroxylation is 3. The summed E-state index contributed by atoms with van der Waals surface area (Å²) in [4.78, 5) is 31.9. The average Bonchev–Trinajstić information content (AvgIpc) is 3.98. The standard InChI is InChI=1S/C51H62N5O2/c1-13-16-41(51(10,11)12)29-42-34(5)21-25-43(53-38(42)9)45(26-24-39-22-23-39)56(49(57)40-20-14-17-33(4)28-40)46(37(8)27-32(2)3)31-58-47-30-44(54-50(52)55-47)48-35(6)18-15-19-36(48)7/h14-15,17-23,25,28-30,32,37,45-46H,5,24,26-27,31H2,1-4,6-12H3,(H2,52,54,55)/b41-29+/t37-,45+,46-/m0/s1. The number of aliphatic imine (C=N–C) groups is 1. The second-order valence-corrected chi connectivity index (χ2v) is 17.3. The number of carbonyl (C=O) groups excluding carboxylic acids is 1. The Balaban J connectivity index is 1.68. The number of anilines is 1. The predicted molar refractivity (Wildman–Crippen MR) is 241 cm³/mol. The number of ether oxygens (including phenoxy) is 1. The highest BCUT2D eigenvalue weighted by Crippen LogP contribution is 2.34. The van der Waals surface area contributed by atoms with Gasteiger partial charge in [-0.05, 0) is 112 Å². The Morgan fingerprint density at radius 2 is 1.69 bits per heavy atom. The van der Waals surface area contributed by atoms with Crippen molar-refractivity contribution in [1.29, 1.82) is 0 Å². The van der Waals surface area contributed by atoms with Gasteiger partial charge >= 0.3 is 0 Å². The number of nitrogens with two attached hydrogens (primary N) is 1. The van der Waals surface area contributed by atoms with Gasteiger partial charge in [0.05, 0.1) is 23.5 Å². The summed E-state index contributed by atoms with van der Waals surface area (Å²) in [7, 11) is 0. The molecular weight excluding hydrogens is 715 g/mol. The van der Waals surface area contributed by atoms with E-state index in [1.807, 2.05) is 69.3 Å². The maximum Gasteiger partial charge on any atom is 0.254 e. The normalized spacial score (nSPS) is 15.9. The van der Waals surface area contributed by atoms with Crippen LogP contribution in [0.5, 0.6) is 5.88 Å². The molecule has 1 aromatic heterocycles. The van der Waals surface area contributed by atoms with Gasteiger partial charge in [0.15, 0.2) is 0 Å². The van der Waals surface area contributed by atoms with E-state index in [2.05, 4.69) is 119 Å². The fourth-order valence-electron chi connectivity index (χ4n) is 7.76. The smallest absolute Gasteiger partial charge is 0.254 e. The van der Waals surface area contributed by atoms with Crippen LogP contribution >= 0.6 is 0 Å². The molecule has 3 aromatic rings. The van der Waals surface area contributed by atoms with E-state index in [1.165, 1.54) is 5.57 Å². The van der Waals surface area contributed by atoms with E-state index in [1.54, 1.807) is 0 Å². The summed E-state index contributed by atoms with van der Waals surface area (Å²) in [6, 6.07) is 15.1. The quantitative estimate of drug-likeness (QED) is 0.155. The van der Waals surface area contributed by atoms with Crippen molar-refractivity contribution in [2.24, 2.45) is 22.2 Å². The number of benzene rings is 2. The Morgan fingerprint density at radius 1 is 1.00 bits per heavy atom. The molecule has 3 atom stereocenters. The number of rotatable bonds is 15. The number of allylic oxidation sites excluding steroid dienone is 8. The van der Waals surface area contributed by atoms with E-state index < -0.39 is 6.04 Å². The van der Waals surface area contributed by atoms with Crippen LogP contribution < -0.4 is 10.5 Å². The molecule has 5 rings (SSSR count). The molecule has 0 bridgehead atoms. The topological polar surface area (TPSA) is 93.7 Å². The molecule has 2 aromatic carbocycles. The fourth-order valence-corrected chi connectivity index (χ4v) is 7.76. The summed E-state index contributed by atoms with van der Waals surface area (Å²) < 4.78 is 6.69. The van der Waals surface area contributed by atoms with Crippen molar-refractivity contribution in [3.63, 3.8) is 0 Å². The van der Waals surface area contributed by atoms with Gasteiger partial charge in [0.25, 0.3) is 5.91 Å². The number of nitrogens with zero attached hydrogens (tertiary/aromatic N) is 4. The summed E-state index contributed by atoms with van der Waals surface area (Å²) in [5.41, 5.74) is 17.4. The van der Waals surface area contributed by atoms with Crippen LogP contribution in [-0.4, -0.2) is 45.2 Å². The predicted octanol–water partition coefficient (Wildman–Crippen LogP) is 11.4. The lowest BCUT2D eigenvalue weighted by Crippen LogP contribution is -2.55. The van der Waals surface area contributed by atoms with Crippen LogP contribution in [0.15, 0.2) is 112 Å². The van der Waals surface area contributed by atoms with Crippen LogP contribution in [0.3, 0.4) is 0 Å². The molecule has 7 heteroatoms. The number of aromatic nitrogens is 2. The van der Waals surface area contributed by atoms with Crippen LogP contribution in [-0.2, 0) is 0 Å². The molecule has 0 saturated carbocycles. The van der Waals surface area contributed by atoms with Crippen LogP contribution in [0.1, 0.15) is 102 Å². The molecule has 1 amide bonds.